The van der Waals surface area contributed by atoms with Crippen LogP contribution in [-0.4, -0.2) is 62.6 Å². The summed E-state index contributed by atoms with van der Waals surface area (Å²) in [4.78, 5) is 26.0. The van der Waals surface area contributed by atoms with Crippen molar-refractivity contribution in [1.82, 2.24) is 10.2 Å². The number of methoxy groups -OCH3 is 2. The number of carbonyl (C=O) groups excluding carboxylic acids is 2. The molecule has 2 saturated heterocycles. The molecule has 2 fully saturated rings. The molecule has 2 rings (SSSR count). The molecule has 0 aromatic rings. The van der Waals surface area contributed by atoms with Crippen molar-refractivity contribution in [2.24, 2.45) is 5.92 Å². The maximum Gasteiger partial charge on any atom is 0.326 e. The Morgan fingerprint density at radius 2 is 1.96 bits per heavy atom. The Morgan fingerprint density at radius 3 is 2.64 bits per heavy atom. The number of imide groups is 1. The minimum absolute atomic E-state index is 0.108. The van der Waals surface area contributed by atoms with Crippen molar-refractivity contribution in [2.75, 3.05) is 27.4 Å². The number of hydrogen-bond donors (Lipinski definition) is 1. The number of urea groups is 1. The molecule has 0 aliphatic carbocycles. The van der Waals surface area contributed by atoms with Gasteiger partial charge >= 0.3 is 6.03 Å². The lowest BCUT2D eigenvalue weighted by Crippen LogP contribution is -2.57. The monoisotopic (exact) mass is 356 g/mol. The van der Waals surface area contributed by atoms with Gasteiger partial charge in [0.1, 0.15) is 12.3 Å². The Bertz CT molecular complexity index is 445. The van der Waals surface area contributed by atoms with E-state index in [0.29, 0.717) is 19.6 Å². The molecule has 0 saturated carbocycles. The highest BCUT2D eigenvalue weighted by Gasteiger charge is 2.43. The standard InChI is InChI=1S/C18H32N2O5/c1-4-5-6-7-8-9-13-11-20(18(22)19-17(13)21)16-10-14(24-3)15(25-16)12-23-2/h13-16H,4-12H2,1-3H3,(H,19,21,22)/t13?,14-,15-,16-/m1/s1. The second kappa shape index (κ2) is 10.1. The first kappa shape index (κ1) is 20.1. The smallest absolute Gasteiger partial charge is 0.326 e. The zero-order chi connectivity index (χ0) is 18.2. The third-order valence-corrected chi connectivity index (χ3v) is 5.10. The number of amides is 3. The zero-order valence-electron chi connectivity index (χ0n) is 15.7. The molecule has 3 amide bonds. The average Bonchev–Trinajstić information content (AvgIpc) is 2.99. The SMILES string of the molecule is CCCCCCCC1CN([C@H]2C[C@@H](OC)[C@@H](COC)O2)C(=O)NC1=O. The van der Waals surface area contributed by atoms with Crippen LogP contribution in [0.3, 0.4) is 0 Å². The van der Waals surface area contributed by atoms with E-state index in [1.807, 2.05) is 0 Å². The molecule has 0 aromatic carbocycles. The van der Waals surface area contributed by atoms with Crippen LogP contribution >= 0.6 is 0 Å². The Labute approximate surface area is 150 Å². The highest BCUT2D eigenvalue weighted by atomic mass is 16.6. The van der Waals surface area contributed by atoms with Gasteiger partial charge < -0.3 is 14.2 Å². The van der Waals surface area contributed by atoms with E-state index in [-0.39, 0.29) is 36.3 Å². The predicted molar refractivity (Wildman–Crippen MR) is 93.1 cm³/mol. The number of unbranched alkanes of at least 4 members (excludes halogenated alkanes) is 4. The van der Waals surface area contributed by atoms with Crippen LogP contribution in [0.5, 0.6) is 0 Å². The summed E-state index contributed by atoms with van der Waals surface area (Å²) < 4.78 is 16.6. The topological polar surface area (TPSA) is 77.1 Å². The van der Waals surface area contributed by atoms with Crippen molar-refractivity contribution in [3.8, 4) is 0 Å². The van der Waals surface area contributed by atoms with E-state index in [2.05, 4.69) is 12.2 Å². The van der Waals surface area contributed by atoms with Crippen molar-refractivity contribution in [1.29, 1.82) is 0 Å². The highest BCUT2D eigenvalue weighted by Crippen LogP contribution is 2.28. The van der Waals surface area contributed by atoms with Gasteiger partial charge in [-0.05, 0) is 6.42 Å². The third kappa shape index (κ3) is 5.39. The molecule has 1 unspecified atom stereocenters. The zero-order valence-corrected chi connectivity index (χ0v) is 15.7. The molecule has 144 valence electrons. The van der Waals surface area contributed by atoms with Crippen LogP contribution in [0.15, 0.2) is 0 Å². The van der Waals surface area contributed by atoms with Crippen molar-refractivity contribution in [3.63, 3.8) is 0 Å². The number of ether oxygens (including phenoxy) is 3. The van der Waals surface area contributed by atoms with Gasteiger partial charge in [-0.25, -0.2) is 4.79 Å². The summed E-state index contributed by atoms with van der Waals surface area (Å²) in [5, 5.41) is 2.48. The Hall–Kier alpha value is -1.18. The van der Waals surface area contributed by atoms with E-state index in [9.17, 15) is 9.59 Å². The number of nitrogens with one attached hydrogen (secondary N) is 1. The van der Waals surface area contributed by atoms with Gasteiger partial charge in [-0.3, -0.25) is 15.0 Å². The van der Waals surface area contributed by atoms with E-state index in [4.69, 9.17) is 14.2 Å². The van der Waals surface area contributed by atoms with Crippen LogP contribution in [-0.2, 0) is 19.0 Å². The molecule has 0 spiro atoms. The number of carbonyl (C=O) groups is 2. The first-order valence-corrected chi connectivity index (χ1v) is 9.39. The van der Waals surface area contributed by atoms with E-state index in [1.54, 1.807) is 19.1 Å². The Balaban J connectivity index is 1.89. The largest absolute Gasteiger partial charge is 0.382 e. The third-order valence-electron chi connectivity index (χ3n) is 5.10. The summed E-state index contributed by atoms with van der Waals surface area (Å²) >= 11 is 0. The Kier molecular flexibility index (Phi) is 8.12. The molecule has 0 radical (unpaired) electrons. The number of rotatable bonds is 10. The fourth-order valence-corrected chi connectivity index (χ4v) is 3.60. The van der Waals surface area contributed by atoms with Crippen LogP contribution in [0, 0.1) is 5.92 Å². The van der Waals surface area contributed by atoms with Crippen molar-refractivity contribution >= 4 is 11.9 Å². The Morgan fingerprint density at radius 1 is 1.20 bits per heavy atom. The van der Waals surface area contributed by atoms with Crippen LogP contribution in [0.25, 0.3) is 0 Å². The fourth-order valence-electron chi connectivity index (χ4n) is 3.60. The molecular formula is C18H32N2O5. The normalized spacial score (nSPS) is 30.0. The van der Waals surface area contributed by atoms with Crippen molar-refractivity contribution in [2.45, 2.75) is 70.3 Å². The first-order chi connectivity index (χ1) is 12.1. The average molecular weight is 356 g/mol. The van der Waals surface area contributed by atoms with Crippen molar-refractivity contribution < 1.29 is 23.8 Å². The summed E-state index contributed by atoms with van der Waals surface area (Å²) in [6.45, 7) is 3.02. The lowest BCUT2D eigenvalue weighted by atomic mass is 9.97. The summed E-state index contributed by atoms with van der Waals surface area (Å²) in [7, 11) is 3.25. The molecule has 4 atom stereocenters. The molecule has 7 nitrogen and oxygen atoms in total. The van der Waals surface area contributed by atoms with Crippen LogP contribution < -0.4 is 5.32 Å². The number of nitrogens with zero attached hydrogens (tertiary/aromatic N) is 1. The predicted octanol–water partition coefficient (Wildman–Crippen LogP) is 2.29. The molecule has 25 heavy (non-hydrogen) atoms. The number of hydrogen-bond acceptors (Lipinski definition) is 5. The van der Waals surface area contributed by atoms with E-state index < -0.39 is 0 Å². The molecule has 2 heterocycles. The summed E-state index contributed by atoms with van der Waals surface area (Å²) in [6, 6.07) is -0.370. The van der Waals surface area contributed by atoms with E-state index in [0.717, 1.165) is 19.3 Å². The van der Waals surface area contributed by atoms with Gasteiger partial charge in [0.15, 0.2) is 0 Å². The van der Waals surface area contributed by atoms with E-state index >= 15 is 0 Å². The minimum atomic E-state index is -0.374. The lowest BCUT2D eigenvalue weighted by molar-refractivity contribution is -0.129. The lowest BCUT2D eigenvalue weighted by Gasteiger charge is -2.35. The second-order valence-electron chi connectivity index (χ2n) is 6.94. The first-order valence-electron chi connectivity index (χ1n) is 9.39. The van der Waals surface area contributed by atoms with Crippen LogP contribution in [0.2, 0.25) is 0 Å². The quantitative estimate of drug-likeness (QED) is 0.608. The van der Waals surface area contributed by atoms with Crippen LogP contribution in [0.1, 0.15) is 51.9 Å². The van der Waals surface area contributed by atoms with Crippen LogP contribution in [0.4, 0.5) is 4.79 Å². The molecule has 0 aromatic heterocycles. The van der Waals surface area contributed by atoms with Gasteiger partial charge in [0.25, 0.3) is 0 Å². The van der Waals surface area contributed by atoms with Gasteiger partial charge in [0, 0.05) is 27.2 Å². The molecular weight excluding hydrogens is 324 g/mol. The summed E-state index contributed by atoms with van der Waals surface area (Å²) in [5.74, 6) is -0.322. The second-order valence-corrected chi connectivity index (χ2v) is 6.94. The van der Waals surface area contributed by atoms with Gasteiger partial charge in [-0.15, -0.1) is 0 Å². The maximum absolute atomic E-state index is 12.3. The molecule has 7 heteroatoms. The van der Waals surface area contributed by atoms with Gasteiger partial charge in [0.2, 0.25) is 5.91 Å². The molecule has 2 aliphatic heterocycles. The maximum atomic E-state index is 12.3. The minimum Gasteiger partial charge on any atom is -0.382 e. The molecule has 1 N–H and O–H groups in total. The molecule has 2 aliphatic rings. The van der Waals surface area contributed by atoms with Gasteiger partial charge in [-0.2, -0.15) is 0 Å². The summed E-state index contributed by atoms with van der Waals surface area (Å²) in [5.41, 5.74) is 0. The van der Waals surface area contributed by atoms with Gasteiger partial charge in [0.05, 0.1) is 18.6 Å². The van der Waals surface area contributed by atoms with Gasteiger partial charge in [-0.1, -0.05) is 39.0 Å². The van der Waals surface area contributed by atoms with E-state index in [1.165, 1.54) is 19.3 Å². The summed E-state index contributed by atoms with van der Waals surface area (Å²) in [6.07, 6.45) is 6.50. The highest BCUT2D eigenvalue weighted by molar-refractivity contribution is 5.98. The fraction of sp³-hybridized carbons (Fsp3) is 0.889. The molecule has 0 bridgehead atoms. The van der Waals surface area contributed by atoms with Crippen molar-refractivity contribution in [3.05, 3.63) is 0 Å².